The van der Waals surface area contributed by atoms with E-state index in [0.717, 1.165) is 42.8 Å². The summed E-state index contributed by atoms with van der Waals surface area (Å²) in [6, 6.07) is 3.94. The van der Waals surface area contributed by atoms with Crippen molar-refractivity contribution in [2.75, 3.05) is 6.54 Å². The maximum Gasteiger partial charge on any atom is 0.226 e. The third-order valence-electron chi connectivity index (χ3n) is 3.32. The summed E-state index contributed by atoms with van der Waals surface area (Å²) < 4.78 is 5.31. The van der Waals surface area contributed by atoms with Crippen molar-refractivity contribution in [3.8, 4) is 11.4 Å². The third-order valence-corrected chi connectivity index (χ3v) is 3.32. The molecule has 0 aromatic carbocycles. The smallest absolute Gasteiger partial charge is 0.226 e. The van der Waals surface area contributed by atoms with Gasteiger partial charge in [-0.15, -0.1) is 0 Å². The number of pyridine rings is 1. The lowest BCUT2D eigenvalue weighted by molar-refractivity contribution is 0.362. The molecule has 0 saturated heterocycles. The Labute approximate surface area is 119 Å². The Morgan fingerprint density at radius 2 is 1.85 bits per heavy atom. The summed E-state index contributed by atoms with van der Waals surface area (Å²) in [4.78, 5) is 8.81. The van der Waals surface area contributed by atoms with Gasteiger partial charge in [0.2, 0.25) is 11.7 Å². The van der Waals surface area contributed by atoms with Crippen LogP contribution in [0.1, 0.15) is 37.0 Å². The molecule has 0 radical (unpaired) electrons. The van der Waals surface area contributed by atoms with Crippen LogP contribution in [0.5, 0.6) is 0 Å². The second kappa shape index (κ2) is 6.61. The molecule has 2 rings (SSSR count). The number of nitrogens with zero attached hydrogens (tertiary/aromatic N) is 3. The Balaban J connectivity index is 2.05. The molecule has 0 bridgehead atoms. The van der Waals surface area contributed by atoms with Gasteiger partial charge in [-0.3, -0.25) is 4.98 Å². The minimum atomic E-state index is 0.584. The molecule has 5 nitrogen and oxygen atoms in total. The first kappa shape index (κ1) is 14.7. The summed E-state index contributed by atoms with van der Waals surface area (Å²) in [5, 5.41) is 4.05. The fourth-order valence-electron chi connectivity index (χ4n) is 2.24. The maximum atomic E-state index is 5.55. The zero-order valence-corrected chi connectivity index (χ0v) is 12.4. The third kappa shape index (κ3) is 3.87. The highest BCUT2D eigenvalue weighted by atomic mass is 16.5. The summed E-state index contributed by atoms with van der Waals surface area (Å²) in [6.07, 6.45) is 2.86. The van der Waals surface area contributed by atoms with Crippen LogP contribution in [0.2, 0.25) is 0 Å². The largest absolute Gasteiger partial charge is 0.339 e. The molecule has 2 N–H and O–H groups in total. The minimum absolute atomic E-state index is 0.584. The molecule has 5 heteroatoms. The van der Waals surface area contributed by atoms with E-state index in [4.69, 9.17) is 10.3 Å². The van der Waals surface area contributed by atoms with Crippen molar-refractivity contribution in [1.82, 2.24) is 15.1 Å². The van der Waals surface area contributed by atoms with Crippen molar-refractivity contribution >= 4 is 0 Å². The van der Waals surface area contributed by atoms with Crippen molar-refractivity contribution in [3.63, 3.8) is 0 Å². The van der Waals surface area contributed by atoms with Gasteiger partial charge in [0.05, 0.1) is 0 Å². The van der Waals surface area contributed by atoms with Gasteiger partial charge in [0, 0.05) is 23.4 Å². The van der Waals surface area contributed by atoms with Gasteiger partial charge in [0.1, 0.15) is 0 Å². The highest BCUT2D eigenvalue weighted by molar-refractivity contribution is 5.55. The van der Waals surface area contributed by atoms with E-state index >= 15 is 0 Å². The molecule has 0 saturated carbocycles. The van der Waals surface area contributed by atoms with E-state index in [1.165, 1.54) is 0 Å². The molecule has 0 fully saturated rings. The zero-order chi connectivity index (χ0) is 14.5. The molecule has 1 unspecified atom stereocenters. The van der Waals surface area contributed by atoms with E-state index < -0.39 is 0 Å². The number of hydrogen-bond acceptors (Lipinski definition) is 5. The molecule has 0 aliphatic heterocycles. The molecule has 0 aliphatic carbocycles. The molecule has 0 spiro atoms. The Bertz CT molecular complexity index is 545. The average molecular weight is 274 g/mol. The molecule has 108 valence electrons. The van der Waals surface area contributed by atoms with Crippen molar-refractivity contribution < 1.29 is 4.52 Å². The van der Waals surface area contributed by atoms with E-state index in [9.17, 15) is 0 Å². The lowest BCUT2D eigenvalue weighted by atomic mass is 10.0. The second-order valence-corrected chi connectivity index (χ2v) is 5.37. The fraction of sp³-hybridized carbons (Fsp3) is 0.533. The van der Waals surface area contributed by atoms with Gasteiger partial charge in [-0.05, 0) is 51.3 Å². The SMILES string of the molecule is Cc1cc(-c2noc(CCC(C)CCN)n2)cc(C)n1. The van der Waals surface area contributed by atoms with Crippen LogP contribution < -0.4 is 5.73 Å². The van der Waals surface area contributed by atoms with Gasteiger partial charge in [0.15, 0.2) is 0 Å². The van der Waals surface area contributed by atoms with Gasteiger partial charge in [0.25, 0.3) is 0 Å². The summed E-state index contributed by atoms with van der Waals surface area (Å²) in [5.41, 5.74) is 8.43. The van der Waals surface area contributed by atoms with Gasteiger partial charge in [-0.1, -0.05) is 12.1 Å². The van der Waals surface area contributed by atoms with Crippen LogP contribution in [0.25, 0.3) is 11.4 Å². The van der Waals surface area contributed by atoms with E-state index in [-0.39, 0.29) is 0 Å². The molecule has 2 aromatic heterocycles. The first-order chi connectivity index (χ1) is 9.58. The molecule has 0 amide bonds. The monoisotopic (exact) mass is 274 g/mol. The van der Waals surface area contributed by atoms with Crippen LogP contribution in [0.3, 0.4) is 0 Å². The van der Waals surface area contributed by atoms with Crippen LogP contribution in [0.4, 0.5) is 0 Å². The van der Waals surface area contributed by atoms with Crippen molar-refractivity contribution in [1.29, 1.82) is 0 Å². The number of rotatable bonds is 6. The van der Waals surface area contributed by atoms with Gasteiger partial charge < -0.3 is 10.3 Å². The second-order valence-electron chi connectivity index (χ2n) is 5.37. The summed E-state index contributed by atoms with van der Waals surface area (Å²) in [7, 11) is 0. The molecular weight excluding hydrogens is 252 g/mol. The summed E-state index contributed by atoms with van der Waals surface area (Å²) in [5.74, 6) is 1.91. The molecule has 0 aliphatic rings. The lowest BCUT2D eigenvalue weighted by Crippen LogP contribution is -2.06. The quantitative estimate of drug-likeness (QED) is 0.876. The van der Waals surface area contributed by atoms with Crippen LogP contribution >= 0.6 is 0 Å². The van der Waals surface area contributed by atoms with E-state index in [1.807, 2.05) is 26.0 Å². The van der Waals surface area contributed by atoms with Crippen LogP contribution in [0, 0.1) is 19.8 Å². The molecule has 2 aromatic rings. The predicted molar refractivity (Wildman–Crippen MR) is 78.2 cm³/mol. The molecule has 1 atom stereocenters. The van der Waals surface area contributed by atoms with Crippen LogP contribution in [0.15, 0.2) is 16.7 Å². The number of hydrogen-bond donors (Lipinski definition) is 1. The summed E-state index contributed by atoms with van der Waals surface area (Å²) >= 11 is 0. The first-order valence-corrected chi connectivity index (χ1v) is 7.07. The zero-order valence-electron chi connectivity index (χ0n) is 12.4. The first-order valence-electron chi connectivity index (χ1n) is 7.07. The number of aromatic nitrogens is 3. The average Bonchev–Trinajstić information content (AvgIpc) is 2.84. The molecular formula is C15H22N4O. The molecule has 2 heterocycles. The highest BCUT2D eigenvalue weighted by Gasteiger charge is 2.11. The van der Waals surface area contributed by atoms with Crippen molar-refractivity contribution in [2.24, 2.45) is 11.7 Å². The van der Waals surface area contributed by atoms with Crippen LogP contribution in [-0.4, -0.2) is 21.7 Å². The molecule has 20 heavy (non-hydrogen) atoms. The minimum Gasteiger partial charge on any atom is -0.339 e. The number of nitrogens with two attached hydrogens (primary N) is 1. The van der Waals surface area contributed by atoms with Crippen molar-refractivity contribution in [2.45, 2.75) is 40.0 Å². The fourth-order valence-corrected chi connectivity index (χ4v) is 2.24. The predicted octanol–water partition coefficient (Wildman–Crippen LogP) is 2.67. The van der Waals surface area contributed by atoms with Gasteiger partial charge >= 0.3 is 0 Å². The topological polar surface area (TPSA) is 77.8 Å². The lowest BCUT2D eigenvalue weighted by Gasteiger charge is -2.06. The Kier molecular flexibility index (Phi) is 4.84. The maximum absolute atomic E-state index is 5.55. The van der Waals surface area contributed by atoms with Gasteiger partial charge in [-0.25, -0.2) is 0 Å². The Morgan fingerprint density at radius 3 is 2.50 bits per heavy atom. The normalized spacial score (nSPS) is 12.6. The highest BCUT2D eigenvalue weighted by Crippen LogP contribution is 2.19. The van der Waals surface area contributed by atoms with Gasteiger partial charge in [-0.2, -0.15) is 4.98 Å². The summed E-state index contributed by atoms with van der Waals surface area (Å²) in [6.45, 7) is 6.85. The standard InChI is InChI=1S/C15H22N4O/c1-10(6-7-16)4-5-14-18-15(19-20-14)13-8-11(2)17-12(3)9-13/h8-10H,4-7,16H2,1-3H3. The van der Waals surface area contributed by atoms with Crippen molar-refractivity contribution in [3.05, 3.63) is 29.4 Å². The van der Waals surface area contributed by atoms with Crippen LogP contribution in [-0.2, 0) is 6.42 Å². The van der Waals surface area contributed by atoms with E-state index in [0.29, 0.717) is 17.6 Å². The number of aryl methyl sites for hydroxylation is 3. The van der Waals surface area contributed by atoms with E-state index in [1.54, 1.807) is 0 Å². The van der Waals surface area contributed by atoms with E-state index in [2.05, 4.69) is 22.0 Å². The Hall–Kier alpha value is -1.75. The Morgan fingerprint density at radius 1 is 1.15 bits per heavy atom.